The van der Waals surface area contributed by atoms with Crippen LogP contribution in [0.25, 0.3) is 0 Å². The Bertz CT molecular complexity index is 298. The molecule has 4 heteroatoms. The van der Waals surface area contributed by atoms with Crippen LogP contribution >= 0.6 is 11.3 Å². The molecule has 0 unspecified atom stereocenters. The van der Waals surface area contributed by atoms with E-state index in [9.17, 15) is 0 Å². The van der Waals surface area contributed by atoms with Gasteiger partial charge in [-0.25, -0.2) is 4.98 Å². The first kappa shape index (κ1) is 10.2. The minimum atomic E-state index is 0.598. The number of aryl methyl sites for hydroxylation is 2. The number of hydrogen-bond donors (Lipinski definition) is 0. The molecule has 1 heterocycles. The third kappa shape index (κ3) is 2.52. The quantitative estimate of drug-likeness (QED) is 0.552. The van der Waals surface area contributed by atoms with E-state index >= 15 is 0 Å². The average Bonchev–Trinajstić information content (AvgIpc) is 2.43. The van der Waals surface area contributed by atoms with Gasteiger partial charge in [-0.15, -0.1) is 11.3 Å². The molecule has 0 aliphatic carbocycles. The summed E-state index contributed by atoms with van der Waals surface area (Å²) in [5, 5.41) is 4.88. The molecular weight excluding hydrogens is 184 g/mol. The summed E-state index contributed by atoms with van der Waals surface area (Å²) in [6.45, 7) is 8.48. The molecule has 13 heavy (non-hydrogen) atoms. The Morgan fingerprint density at radius 2 is 2.23 bits per heavy atom. The topological polar surface area (TPSA) is 34.5 Å². The van der Waals surface area contributed by atoms with Crippen molar-refractivity contribution in [1.82, 2.24) is 4.98 Å². The minimum Gasteiger partial charge on any atom is -0.396 e. The van der Waals surface area contributed by atoms with E-state index < -0.39 is 0 Å². The molecule has 72 valence electrons. The Morgan fingerprint density at radius 1 is 1.54 bits per heavy atom. The van der Waals surface area contributed by atoms with Crippen LogP contribution in [-0.4, -0.2) is 17.3 Å². The van der Waals surface area contributed by atoms with Crippen LogP contribution in [-0.2, 0) is 4.84 Å². The van der Waals surface area contributed by atoms with E-state index in [4.69, 9.17) is 4.84 Å². The molecule has 3 nitrogen and oxygen atoms in total. The van der Waals surface area contributed by atoms with E-state index in [0.29, 0.717) is 6.61 Å². The van der Waals surface area contributed by atoms with Gasteiger partial charge in [0.05, 0.1) is 5.69 Å². The molecule has 0 atom stereocenters. The fourth-order valence-corrected chi connectivity index (χ4v) is 1.68. The molecule has 0 N–H and O–H groups in total. The zero-order valence-electron chi connectivity index (χ0n) is 8.42. The summed E-state index contributed by atoms with van der Waals surface area (Å²) < 4.78 is 0. The van der Waals surface area contributed by atoms with Crippen molar-refractivity contribution in [3.8, 4) is 0 Å². The molecule has 1 rings (SSSR count). The maximum atomic E-state index is 4.95. The van der Waals surface area contributed by atoms with Gasteiger partial charge in [-0.2, -0.15) is 0 Å². The standard InChI is InChI=1S/C9H14N2OS/c1-5-12-11-7(3)9-10-6(2)8(4)13-9/h5H2,1-4H3/b11-7-. The van der Waals surface area contributed by atoms with Crippen molar-refractivity contribution in [2.45, 2.75) is 27.7 Å². The van der Waals surface area contributed by atoms with Crippen LogP contribution in [0.15, 0.2) is 5.16 Å². The van der Waals surface area contributed by atoms with Crippen LogP contribution < -0.4 is 0 Å². The van der Waals surface area contributed by atoms with Gasteiger partial charge in [0.2, 0.25) is 0 Å². The van der Waals surface area contributed by atoms with E-state index in [1.54, 1.807) is 11.3 Å². The van der Waals surface area contributed by atoms with Gasteiger partial charge in [-0.05, 0) is 27.7 Å². The van der Waals surface area contributed by atoms with Gasteiger partial charge in [0, 0.05) is 4.88 Å². The normalized spacial score (nSPS) is 11.8. The molecule has 1 aromatic rings. The van der Waals surface area contributed by atoms with Crippen molar-refractivity contribution in [3.05, 3.63) is 15.6 Å². The molecule has 0 amide bonds. The van der Waals surface area contributed by atoms with E-state index in [-0.39, 0.29) is 0 Å². The number of rotatable bonds is 3. The number of hydrogen-bond acceptors (Lipinski definition) is 4. The first-order valence-electron chi connectivity index (χ1n) is 4.26. The smallest absolute Gasteiger partial charge is 0.141 e. The molecule has 0 aromatic carbocycles. The van der Waals surface area contributed by atoms with Gasteiger partial charge < -0.3 is 4.84 Å². The molecule has 0 radical (unpaired) electrons. The Kier molecular flexibility index (Phi) is 3.42. The Balaban J connectivity index is 2.82. The molecule has 0 aliphatic heterocycles. The number of oxime groups is 1. The number of aromatic nitrogens is 1. The summed E-state index contributed by atoms with van der Waals surface area (Å²) in [5.41, 5.74) is 1.93. The summed E-state index contributed by atoms with van der Waals surface area (Å²) >= 11 is 1.65. The highest BCUT2D eigenvalue weighted by atomic mass is 32.1. The van der Waals surface area contributed by atoms with Gasteiger partial charge in [0.1, 0.15) is 17.3 Å². The van der Waals surface area contributed by atoms with Gasteiger partial charge >= 0.3 is 0 Å². The van der Waals surface area contributed by atoms with E-state index in [1.165, 1.54) is 4.88 Å². The van der Waals surface area contributed by atoms with E-state index in [0.717, 1.165) is 16.4 Å². The van der Waals surface area contributed by atoms with Crippen LogP contribution in [0.2, 0.25) is 0 Å². The Morgan fingerprint density at radius 3 is 2.69 bits per heavy atom. The predicted octanol–water partition coefficient (Wildman–Crippen LogP) is 2.52. The highest BCUT2D eigenvalue weighted by molar-refractivity contribution is 7.13. The molecule has 1 aromatic heterocycles. The maximum absolute atomic E-state index is 4.95. The summed E-state index contributed by atoms with van der Waals surface area (Å²) in [7, 11) is 0. The second-order valence-electron chi connectivity index (χ2n) is 2.76. The van der Waals surface area contributed by atoms with Crippen LogP contribution in [0.1, 0.15) is 29.4 Å². The lowest BCUT2D eigenvalue weighted by atomic mass is 10.4. The predicted molar refractivity (Wildman–Crippen MR) is 55.4 cm³/mol. The van der Waals surface area contributed by atoms with Crippen molar-refractivity contribution < 1.29 is 4.84 Å². The van der Waals surface area contributed by atoms with Crippen molar-refractivity contribution in [2.24, 2.45) is 5.16 Å². The van der Waals surface area contributed by atoms with E-state index in [1.807, 2.05) is 20.8 Å². The molecule has 0 saturated heterocycles. The third-order valence-corrected chi connectivity index (χ3v) is 2.85. The second-order valence-corrected chi connectivity index (χ2v) is 3.96. The Hall–Kier alpha value is -0.900. The molecule has 0 saturated carbocycles. The molecule has 0 fully saturated rings. The monoisotopic (exact) mass is 198 g/mol. The van der Waals surface area contributed by atoms with Gasteiger partial charge in [-0.3, -0.25) is 0 Å². The minimum absolute atomic E-state index is 0.598. The first-order valence-corrected chi connectivity index (χ1v) is 5.07. The fourth-order valence-electron chi connectivity index (χ4n) is 0.828. The van der Waals surface area contributed by atoms with Crippen LogP contribution in [0.4, 0.5) is 0 Å². The largest absolute Gasteiger partial charge is 0.396 e. The summed E-state index contributed by atoms with van der Waals surface area (Å²) in [6, 6.07) is 0. The summed E-state index contributed by atoms with van der Waals surface area (Å²) in [4.78, 5) is 10.6. The lowest BCUT2D eigenvalue weighted by Gasteiger charge is -1.94. The third-order valence-electron chi connectivity index (χ3n) is 1.67. The molecule has 0 aliphatic rings. The maximum Gasteiger partial charge on any atom is 0.141 e. The zero-order chi connectivity index (χ0) is 9.84. The van der Waals surface area contributed by atoms with Crippen LogP contribution in [0, 0.1) is 13.8 Å². The van der Waals surface area contributed by atoms with Gasteiger partial charge in [0.25, 0.3) is 0 Å². The van der Waals surface area contributed by atoms with Crippen molar-refractivity contribution >= 4 is 17.0 Å². The fraction of sp³-hybridized carbons (Fsp3) is 0.556. The Labute approximate surface area is 82.4 Å². The van der Waals surface area contributed by atoms with Crippen LogP contribution in [0.5, 0.6) is 0 Å². The summed E-state index contributed by atoms with van der Waals surface area (Å²) in [6.07, 6.45) is 0. The zero-order valence-corrected chi connectivity index (χ0v) is 9.23. The lowest BCUT2D eigenvalue weighted by Crippen LogP contribution is -1.95. The number of thiazole rings is 1. The van der Waals surface area contributed by atoms with E-state index in [2.05, 4.69) is 17.1 Å². The highest BCUT2D eigenvalue weighted by Gasteiger charge is 2.06. The van der Waals surface area contributed by atoms with Crippen molar-refractivity contribution in [3.63, 3.8) is 0 Å². The number of nitrogens with zero attached hydrogens (tertiary/aromatic N) is 2. The lowest BCUT2D eigenvalue weighted by molar-refractivity contribution is 0.159. The van der Waals surface area contributed by atoms with Gasteiger partial charge in [-0.1, -0.05) is 5.16 Å². The summed E-state index contributed by atoms with van der Waals surface area (Å²) in [5.74, 6) is 0. The SMILES string of the molecule is CCO/N=C(/C)c1nc(C)c(C)s1. The van der Waals surface area contributed by atoms with Crippen molar-refractivity contribution in [1.29, 1.82) is 0 Å². The van der Waals surface area contributed by atoms with Crippen molar-refractivity contribution in [2.75, 3.05) is 6.61 Å². The van der Waals surface area contributed by atoms with Gasteiger partial charge in [0.15, 0.2) is 0 Å². The first-order chi connectivity index (χ1) is 6.15. The average molecular weight is 198 g/mol. The molecule has 0 bridgehead atoms. The highest BCUT2D eigenvalue weighted by Crippen LogP contribution is 2.17. The second kappa shape index (κ2) is 4.37. The van der Waals surface area contributed by atoms with Crippen LogP contribution in [0.3, 0.4) is 0 Å². The molecular formula is C9H14N2OS. The molecule has 0 spiro atoms.